The van der Waals surface area contributed by atoms with Gasteiger partial charge >= 0.3 is 0 Å². The highest BCUT2D eigenvalue weighted by Crippen LogP contribution is 2.19. The van der Waals surface area contributed by atoms with Crippen LogP contribution in [-0.2, 0) is 11.3 Å². The van der Waals surface area contributed by atoms with Crippen molar-refractivity contribution in [1.29, 1.82) is 0 Å². The van der Waals surface area contributed by atoms with Gasteiger partial charge in [-0.05, 0) is 20.8 Å². The first kappa shape index (κ1) is 12.7. The molecule has 0 spiro atoms. The average Bonchev–Trinajstić information content (AvgIpc) is 2.64. The Morgan fingerprint density at radius 2 is 2.06 bits per heavy atom. The van der Waals surface area contributed by atoms with Crippen molar-refractivity contribution in [1.82, 2.24) is 15.1 Å². The van der Waals surface area contributed by atoms with Gasteiger partial charge < -0.3 is 10.1 Å². The fourth-order valence-corrected chi connectivity index (χ4v) is 3.00. The molecule has 0 aliphatic carbocycles. The molecule has 5 nitrogen and oxygen atoms in total. The lowest BCUT2D eigenvalue weighted by Gasteiger charge is -2.34. The molecule has 2 atom stereocenters. The molecule has 1 saturated heterocycles. The molecule has 0 bridgehead atoms. The van der Waals surface area contributed by atoms with Crippen LogP contribution in [0.5, 0.6) is 0 Å². The summed E-state index contributed by atoms with van der Waals surface area (Å²) in [5.41, 5.74) is 0. The van der Waals surface area contributed by atoms with Crippen molar-refractivity contribution in [2.45, 2.75) is 39.5 Å². The van der Waals surface area contributed by atoms with E-state index in [1.165, 1.54) is 0 Å². The molecule has 0 radical (unpaired) electrons. The summed E-state index contributed by atoms with van der Waals surface area (Å²) in [6.07, 6.45) is 0.611. The lowest BCUT2D eigenvalue weighted by atomic mass is 10.2. The van der Waals surface area contributed by atoms with E-state index in [2.05, 4.69) is 41.2 Å². The first-order valence-electron chi connectivity index (χ1n) is 6.11. The maximum Gasteiger partial charge on any atom is 0.205 e. The predicted molar refractivity (Wildman–Crippen MR) is 69.4 cm³/mol. The molecule has 96 valence electrons. The van der Waals surface area contributed by atoms with Gasteiger partial charge in [0.1, 0.15) is 5.01 Å². The quantitative estimate of drug-likeness (QED) is 0.886. The van der Waals surface area contributed by atoms with Gasteiger partial charge in [-0.15, -0.1) is 10.2 Å². The van der Waals surface area contributed by atoms with Gasteiger partial charge in [0.15, 0.2) is 0 Å². The Bertz CT molecular complexity index is 347. The van der Waals surface area contributed by atoms with Crippen LogP contribution in [0.3, 0.4) is 0 Å². The van der Waals surface area contributed by atoms with Crippen LogP contribution in [0.1, 0.15) is 25.8 Å². The zero-order valence-electron chi connectivity index (χ0n) is 10.6. The maximum atomic E-state index is 5.71. The zero-order chi connectivity index (χ0) is 12.3. The van der Waals surface area contributed by atoms with Gasteiger partial charge in [-0.3, -0.25) is 4.90 Å². The number of anilines is 1. The van der Waals surface area contributed by atoms with Crippen molar-refractivity contribution in [3.8, 4) is 0 Å². The van der Waals surface area contributed by atoms with Crippen LogP contribution in [0, 0.1) is 0 Å². The second-order valence-electron chi connectivity index (χ2n) is 4.48. The van der Waals surface area contributed by atoms with E-state index in [0.717, 1.165) is 36.3 Å². The summed E-state index contributed by atoms with van der Waals surface area (Å²) in [6.45, 7) is 10.0. The van der Waals surface area contributed by atoms with Crippen molar-refractivity contribution in [2.75, 3.05) is 25.0 Å². The molecule has 2 heterocycles. The van der Waals surface area contributed by atoms with Crippen LogP contribution < -0.4 is 5.32 Å². The molecular formula is C11H20N4OS. The predicted octanol–water partition coefficient (Wildman–Crippen LogP) is 1.58. The third-order valence-corrected chi connectivity index (χ3v) is 3.51. The minimum Gasteiger partial charge on any atom is -0.373 e. The molecule has 0 amide bonds. The molecule has 1 aliphatic rings. The second-order valence-corrected chi connectivity index (χ2v) is 5.54. The zero-order valence-corrected chi connectivity index (χ0v) is 11.5. The molecule has 2 rings (SSSR count). The Labute approximate surface area is 106 Å². The molecule has 0 aromatic carbocycles. The minimum absolute atomic E-state index is 0.305. The number of hydrogen-bond acceptors (Lipinski definition) is 6. The molecular weight excluding hydrogens is 236 g/mol. The van der Waals surface area contributed by atoms with E-state index in [1.807, 2.05) is 0 Å². The van der Waals surface area contributed by atoms with Crippen LogP contribution in [-0.4, -0.2) is 46.9 Å². The van der Waals surface area contributed by atoms with Crippen molar-refractivity contribution in [3.05, 3.63) is 5.01 Å². The first-order valence-corrected chi connectivity index (χ1v) is 6.93. The fraction of sp³-hybridized carbons (Fsp3) is 0.818. The molecule has 1 fully saturated rings. The minimum atomic E-state index is 0.305. The van der Waals surface area contributed by atoms with E-state index in [-0.39, 0.29) is 0 Å². The van der Waals surface area contributed by atoms with Gasteiger partial charge in [0.25, 0.3) is 0 Å². The number of hydrogen-bond donors (Lipinski definition) is 1. The highest BCUT2D eigenvalue weighted by atomic mass is 32.1. The Balaban J connectivity index is 1.90. The normalized spacial score (nSPS) is 26.1. The largest absolute Gasteiger partial charge is 0.373 e. The number of ether oxygens (including phenoxy) is 1. The number of morpholine rings is 1. The molecule has 6 heteroatoms. The summed E-state index contributed by atoms with van der Waals surface area (Å²) in [5, 5.41) is 13.5. The SMILES string of the molecule is CCNc1nnc(CN2C[C@@H](C)O[C@@H](C)C2)s1. The van der Waals surface area contributed by atoms with E-state index in [4.69, 9.17) is 4.74 Å². The van der Waals surface area contributed by atoms with Crippen LogP contribution in [0.15, 0.2) is 0 Å². The summed E-state index contributed by atoms with van der Waals surface area (Å²) in [5.74, 6) is 0. The molecule has 17 heavy (non-hydrogen) atoms. The smallest absolute Gasteiger partial charge is 0.205 e. The Morgan fingerprint density at radius 3 is 2.71 bits per heavy atom. The third kappa shape index (κ3) is 3.62. The van der Waals surface area contributed by atoms with E-state index >= 15 is 0 Å². The van der Waals surface area contributed by atoms with Gasteiger partial charge in [-0.1, -0.05) is 11.3 Å². The molecule has 1 N–H and O–H groups in total. The topological polar surface area (TPSA) is 50.3 Å². The van der Waals surface area contributed by atoms with Crippen molar-refractivity contribution in [3.63, 3.8) is 0 Å². The number of aromatic nitrogens is 2. The molecule has 1 aliphatic heterocycles. The fourth-order valence-electron chi connectivity index (χ4n) is 2.14. The Hall–Kier alpha value is -0.720. The van der Waals surface area contributed by atoms with E-state index < -0.39 is 0 Å². The van der Waals surface area contributed by atoms with Crippen molar-refractivity contribution < 1.29 is 4.74 Å². The second kappa shape index (κ2) is 5.75. The van der Waals surface area contributed by atoms with E-state index in [1.54, 1.807) is 11.3 Å². The van der Waals surface area contributed by atoms with E-state index in [0.29, 0.717) is 12.2 Å². The first-order chi connectivity index (χ1) is 8.17. The highest BCUT2D eigenvalue weighted by Gasteiger charge is 2.23. The summed E-state index contributed by atoms with van der Waals surface area (Å²) in [4.78, 5) is 2.38. The number of rotatable bonds is 4. The Kier molecular flexibility index (Phi) is 4.31. The molecule has 0 unspecified atom stereocenters. The van der Waals surface area contributed by atoms with Gasteiger partial charge in [0, 0.05) is 19.6 Å². The summed E-state index contributed by atoms with van der Waals surface area (Å²) < 4.78 is 5.71. The van der Waals surface area contributed by atoms with Crippen LogP contribution in [0.2, 0.25) is 0 Å². The summed E-state index contributed by atoms with van der Waals surface area (Å²) >= 11 is 1.64. The third-order valence-electron chi connectivity index (χ3n) is 2.65. The Morgan fingerprint density at radius 1 is 1.35 bits per heavy atom. The number of nitrogens with zero attached hydrogens (tertiary/aromatic N) is 3. The lowest BCUT2D eigenvalue weighted by molar-refractivity contribution is -0.0705. The monoisotopic (exact) mass is 256 g/mol. The lowest BCUT2D eigenvalue weighted by Crippen LogP contribution is -2.44. The molecule has 1 aromatic rings. The van der Waals surface area contributed by atoms with Gasteiger partial charge in [-0.2, -0.15) is 0 Å². The maximum absolute atomic E-state index is 5.71. The van der Waals surface area contributed by atoms with Gasteiger partial charge in [-0.25, -0.2) is 0 Å². The van der Waals surface area contributed by atoms with Crippen LogP contribution >= 0.6 is 11.3 Å². The van der Waals surface area contributed by atoms with Gasteiger partial charge in [0.2, 0.25) is 5.13 Å². The number of nitrogens with one attached hydrogen (secondary N) is 1. The highest BCUT2D eigenvalue weighted by molar-refractivity contribution is 7.15. The summed E-state index contributed by atoms with van der Waals surface area (Å²) in [7, 11) is 0. The van der Waals surface area contributed by atoms with Crippen LogP contribution in [0.25, 0.3) is 0 Å². The van der Waals surface area contributed by atoms with Gasteiger partial charge in [0.05, 0.1) is 18.8 Å². The van der Waals surface area contributed by atoms with Crippen molar-refractivity contribution in [2.24, 2.45) is 0 Å². The molecule has 0 saturated carbocycles. The van der Waals surface area contributed by atoms with E-state index in [9.17, 15) is 0 Å². The summed E-state index contributed by atoms with van der Waals surface area (Å²) in [6, 6.07) is 0. The van der Waals surface area contributed by atoms with Crippen molar-refractivity contribution >= 4 is 16.5 Å². The standard InChI is InChI=1S/C11H20N4OS/c1-4-12-11-14-13-10(17-11)7-15-5-8(2)16-9(3)6-15/h8-9H,4-7H2,1-3H3,(H,12,14)/t8-,9+. The van der Waals surface area contributed by atoms with Crippen LogP contribution in [0.4, 0.5) is 5.13 Å². The molecule has 1 aromatic heterocycles. The average molecular weight is 256 g/mol.